The molecular formula is C14H16ClN5. The van der Waals surface area contributed by atoms with Gasteiger partial charge in [0.05, 0.1) is 0 Å². The number of aromatic amines is 1. The van der Waals surface area contributed by atoms with Gasteiger partial charge in [0, 0.05) is 29.0 Å². The molecule has 1 aromatic carbocycles. The number of aromatic nitrogens is 3. The molecule has 0 fully saturated rings. The molecule has 0 unspecified atom stereocenters. The van der Waals surface area contributed by atoms with E-state index in [0.717, 1.165) is 40.8 Å². The third-order valence-corrected chi connectivity index (χ3v) is 3.43. The quantitative estimate of drug-likeness (QED) is 0.775. The summed E-state index contributed by atoms with van der Waals surface area (Å²) in [6, 6.07) is 5.75. The number of rotatable bonds is 4. The maximum Gasteiger partial charge on any atom is 0.153 e. The first-order chi connectivity index (χ1) is 9.65. The minimum absolute atomic E-state index is 0.708. The lowest BCUT2D eigenvalue weighted by atomic mass is 10.2. The van der Waals surface area contributed by atoms with Gasteiger partial charge < -0.3 is 15.2 Å². The fourth-order valence-electron chi connectivity index (χ4n) is 2.20. The summed E-state index contributed by atoms with van der Waals surface area (Å²) in [7, 11) is 4.09. The molecule has 0 bridgehead atoms. The number of nitrogens with zero attached hydrogens (tertiary/aromatic N) is 3. The van der Waals surface area contributed by atoms with Gasteiger partial charge in [0.2, 0.25) is 0 Å². The fraction of sp³-hybridized carbons (Fsp3) is 0.286. The van der Waals surface area contributed by atoms with Crippen LogP contribution in [-0.4, -0.2) is 47.0 Å². The van der Waals surface area contributed by atoms with Gasteiger partial charge in [0.1, 0.15) is 17.4 Å². The second-order valence-corrected chi connectivity index (χ2v) is 5.43. The van der Waals surface area contributed by atoms with Crippen molar-refractivity contribution in [3.8, 4) is 0 Å². The molecule has 104 valence electrons. The third kappa shape index (κ3) is 2.42. The van der Waals surface area contributed by atoms with Crippen LogP contribution in [0.4, 0.5) is 5.82 Å². The van der Waals surface area contributed by atoms with Crippen LogP contribution in [0.1, 0.15) is 0 Å². The largest absolute Gasteiger partial charge is 0.367 e. The predicted octanol–water partition coefficient (Wildman–Crippen LogP) is 2.74. The Labute approximate surface area is 122 Å². The van der Waals surface area contributed by atoms with Gasteiger partial charge in [-0.15, -0.1) is 0 Å². The molecule has 2 heterocycles. The molecule has 5 nitrogen and oxygen atoms in total. The van der Waals surface area contributed by atoms with Crippen LogP contribution in [0.3, 0.4) is 0 Å². The number of halogens is 1. The average molecular weight is 290 g/mol. The van der Waals surface area contributed by atoms with Crippen LogP contribution in [-0.2, 0) is 0 Å². The van der Waals surface area contributed by atoms with E-state index >= 15 is 0 Å². The SMILES string of the molecule is CN(C)CCNc1ncnc2c1[nH]c1ccc(Cl)cc12. The van der Waals surface area contributed by atoms with Crippen LogP contribution in [0.5, 0.6) is 0 Å². The first-order valence-electron chi connectivity index (χ1n) is 6.45. The van der Waals surface area contributed by atoms with Crippen molar-refractivity contribution in [2.24, 2.45) is 0 Å². The van der Waals surface area contributed by atoms with Crippen LogP contribution in [0, 0.1) is 0 Å². The van der Waals surface area contributed by atoms with E-state index in [4.69, 9.17) is 11.6 Å². The molecule has 3 aromatic rings. The van der Waals surface area contributed by atoms with Crippen molar-refractivity contribution in [3.05, 3.63) is 29.5 Å². The Kier molecular flexibility index (Phi) is 3.46. The highest BCUT2D eigenvalue weighted by atomic mass is 35.5. The number of hydrogen-bond acceptors (Lipinski definition) is 4. The van der Waals surface area contributed by atoms with Crippen molar-refractivity contribution < 1.29 is 0 Å². The van der Waals surface area contributed by atoms with E-state index in [9.17, 15) is 0 Å². The van der Waals surface area contributed by atoms with Crippen LogP contribution in [0.15, 0.2) is 24.5 Å². The highest BCUT2D eigenvalue weighted by molar-refractivity contribution is 6.31. The molecule has 2 N–H and O–H groups in total. The summed E-state index contributed by atoms with van der Waals surface area (Å²) in [5, 5.41) is 5.06. The zero-order valence-electron chi connectivity index (χ0n) is 11.4. The summed E-state index contributed by atoms with van der Waals surface area (Å²) in [5.41, 5.74) is 2.83. The molecule has 0 aliphatic carbocycles. The molecule has 0 aliphatic heterocycles. The molecule has 2 aromatic heterocycles. The highest BCUT2D eigenvalue weighted by Gasteiger charge is 2.10. The summed E-state index contributed by atoms with van der Waals surface area (Å²) >= 11 is 6.06. The number of hydrogen-bond donors (Lipinski definition) is 2. The summed E-state index contributed by atoms with van der Waals surface area (Å²) in [4.78, 5) is 14.2. The standard InChI is InChI=1S/C14H16ClN5/c1-20(2)6-5-16-14-13-12(17-8-18-14)10-7-9(15)3-4-11(10)19-13/h3-4,7-8,19H,5-6H2,1-2H3,(H,16,17,18). The average Bonchev–Trinajstić information content (AvgIpc) is 2.77. The maximum atomic E-state index is 6.06. The number of fused-ring (bicyclic) bond motifs is 3. The molecule has 20 heavy (non-hydrogen) atoms. The summed E-state index contributed by atoms with van der Waals surface area (Å²) in [6.45, 7) is 1.77. The lowest BCUT2D eigenvalue weighted by Crippen LogP contribution is -2.21. The van der Waals surface area contributed by atoms with Crippen molar-refractivity contribution in [2.75, 3.05) is 32.5 Å². The summed E-state index contributed by atoms with van der Waals surface area (Å²) in [5.74, 6) is 0.823. The van der Waals surface area contributed by atoms with Crippen molar-refractivity contribution in [2.45, 2.75) is 0 Å². The summed E-state index contributed by atoms with van der Waals surface area (Å²) < 4.78 is 0. The third-order valence-electron chi connectivity index (χ3n) is 3.20. The Morgan fingerprint density at radius 1 is 1.30 bits per heavy atom. The van der Waals surface area contributed by atoms with E-state index in [1.165, 1.54) is 0 Å². The number of anilines is 1. The van der Waals surface area contributed by atoms with Crippen molar-refractivity contribution in [3.63, 3.8) is 0 Å². The predicted molar refractivity (Wildman–Crippen MR) is 83.4 cm³/mol. The molecule has 6 heteroatoms. The van der Waals surface area contributed by atoms with Crippen LogP contribution in [0.2, 0.25) is 5.02 Å². The molecule has 0 spiro atoms. The minimum Gasteiger partial charge on any atom is -0.367 e. The second-order valence-electron chi connectivity index (χ2n) is 4.99. The zero-order valence-corrected chi connectivity index (χ0v) is 12.2. The van der Waals surface area contributed by atoms with Crippen LogP contribution < -0.4 is 5.32 Å². The van der Waals surface area contributed by atoms with E-state index in [1.807, 2.05) is 32.3 Å². The van der Waals surface area contributed by atoms with Gasteiger partial charge in [0.25, 0.3) is 0 Å². The lowest BCUT2D eigenvalue weighted by molar-refractivity contribution is 0.425. The Morgan fingerprint density at radius 3 is 2.95 bits per heavy atom. The van der Waals surface area contributed by atoms with Crippen molar-refractivity contribution in [1.82, 2.24) is 19.9 Å². The first-order valence-corrected chi connectivity index (χ1v) is 6.83. The number of likely N-dealkylation sites (N-methyl/N-ethyl adjacent to an activating group) is 1. The van der Waals surface area contributed by atoms with Gasteiger partial charge in [-0.1, -0.05) is 11.6 Å². The van der Waals surface area contributed by atoms with E-state index < -0.39 is 0 Å². The number of H-pyrrole nitrogens is 1. The molecule has 0 atom stereocenters. The molecule has 3 rings (SSSR count). The number of nitrogens with one attached hydrogen (secondary N) is 2. The Balaban J connectivity index is 2.03. The van der Waals surface area contributed by atoms with Crippen molar-refractivity contribution in [1.29, 1.82) is 0 Å². The van der Waals surface area contributed by atoms with Gasteiger partial charge in [0.15, 0.2) is 5.82 Å². The van der Waals surface area contributed by atoms with Crippen molar-refractivity contribution >= 4 is 39.4 Å². The van der Waals surface area contributed by atoms with Crippen LogP contribution in [0.25, 0.3) is 21.9 Å². The molecule has 0 amide bonds. The molecule has 0 saturated heterocycles. The van der Waals surface area contributed by atoms with E-state index in [-0.39, 0.29) is 0 Å². The molecule has 0 radical (unpaired) electrons. The van der Waals surface area contributed by atoms with E-state index in [2.05, 4.69) is 25.2 Å². The normalized spacial score (nSPS) is 11.6. The molecular weight excluding hydrogens is 274 g/mol. The molecule has 0 aliphatic rings. The summed E-state index contributed by atoms with van der Waals surface area (Å²) in [6.07, 6.45) is 1.58. The van der Waals surface area contributed by atoms with Crippen LogP contribution >= 0.6 is 11.6 Å². The smallest absolute Gasteiger partial charge is 0.153 e. The topological polar surface area (TPSA) is 56.8 Å². The van der Waals surface area contributed by atoms with Gasteiger partial charge in [-0.25, -0.2) is 9.97 Å². The number of benzene rings is 1. The Hall–Kier alpha value is -1.85. The lowest BCUT2D eigenvalue weighted by Gasteiger charge is -2.10. The first kappa shape index (κ1) is 13.1. The Bertz CT molecular complexity index is 750. The van der Waals surface area contributed by atoms with E-state index in [1.54, 1.807) is 6.33 Å². The van der Waals surface area contributed by atoms with Gasteiger partial charge in [-0.2, -0.15) is 0 Å². The van der Waals surface area contributed by atoms with Gasteiger partial charge in [-0.3, -0.25) is 0 Å². The highest BCUT2D eigenvalue weighted by Crippen LogP contribution is 2.28. The monoisotopic (exact) mass is 289 g/mol. The fourth-order valence-corrected chi connectivity index (χ4v) is 2.37. The van der Waals surface area contributed by atoms with Gasteiger partial charge in [-0.05, 0) is 32.3 Å². The maximum absolute atomic E-state index is 6.06. The zero-order chi connectivity index (χ0) is 14.1. The van der Waals surface area contributed by atoms with Gasteiger partial charge >= 0.3 is 0 Å². The van der Waals surface area contributed by atoms with E-state index in [0.29, 0.717) is 5.02 Å². The second kappa shape index (κ2) is 5.26. The minimum atomic E-state index is 0.708. The molecule has 0 saturated carbocycles. The Morgan fingerprint density at radius 2 is 2.15 bits per heavy atom.